The summed E-state index contributed by atoms with van der Waals surface area (Å²) < 4.78 is 0. The van der Waals surface area contributed by atoms with Crippen LogP contribution >= 0.6 is 23.4 Å². The van der Waals surface area contributed by atoms with Gasteiger partial charge in [-0.1, -0.05) is 44.4 Å². The summed E-state index contributed by atoms with van der Waals surface area (Å²) in [5.74, 6) is 2.13. The molecule has 0 bridgehead atoms. The summed E-state index contributed by atoms with van der Waals surface area (Å²) in [5, 5.41) is 4.33. The first-order chi connectivity index (χ1) is 9.15. The summed E-state index contributed by atoms with van der Waals surface area (Å²) in [7, 11) is 0. The summed E-state index contributed by atoms with van der Waals surface area (Å²) in [5.41, 5.74) is 1.27. The number of benzene rings is 1. The topological polar surface area (TPSA) is 12.0 Å². The molecule has 0 heterocycles. The van der Waals surface area contributed by atoms with E-state index in [0.29, 0.717) is 6.04 Å². The minimum atomic E-state index is 0.509. The predicted molar refractivity (Wildman–Crippen MR) is 86.1 cm³/mol. The van der Waals surface area contributed by atoms with E-state index in [1.54, 1.807) is 0 Å². The maximum absolute atomic E-state index is 6.38. The van der Waals surface area contributed by atoms with Gasteiger partial charge in [0.15, 0.2) is 0 Å². The highest BCUT2D eigenvalue weighted by molar-refractivity contribution is 7.99. The zero-order valence-electron chi connectivity index (χ0n) is 11.9. The maximum atomic E-state index is 6.38. The molecule has 0 amide bonds. The van der Waals surface area contributed by atoms with Crippen LogP contribution < -0.4 is 5.32 Å². The molecule has 1 nitrogen and oxygen atoms in total. The fraction of sp³-hybridized carbons (Fsp3) is 0.625. The zero-order valence-corrected chi connectivity index (χ0v) is 13.5. The fourth-order valence-electron chi connectivity index (χ4n) is 2.48. The second-order valence-electron chi connectivity index (χ2n) is 5.76. The Morgan fingerprint density at radius 1 is 1.32 bits per heavy atom. The summed E-state index contributed by atoms with van der Waals surface area (Å²) in [6, 6.07) is 6.99. The molecule has 1 aliphatic rings. The summed E-state index contributed by atoms with van der Waals surface area (Å²) in [4.78, 5) is 1.24. The van der Waals surface area contributed by atoms with Gasteiger partial charge >= 0.3 is 0 Å². The molecule has 0 spiro atoms. The third kappa shape index (κ3) is 5.02. The van der Waals surface area contributed by atoms with Crippen LogP contribution in [0, 0.1) is 5.92 Å². The normalized spacial score (nSPS) is 16.4. The molecule has 0 aliphatic heterocycles. The van der Waals surface area contributed by atoms with Gasteiger partial charge < -0.3 is 5.32 Å². The lowest BCUT2D eigenvalue weighted by atomic mass is 10.1. The standard InChI is InChI=1S/C16H24ClNS/c1-12(2)18-10-14-7-8-16(15(17)9-14)19-11-13-5-3-4-6-13/h7-9,12-13,18H,3-6,10-11H2,1-2H3. The van der Waals surface area contributed by atoms with E-state index in [0.717, 1.165) is 17.5 Å². The number of hydrogen-bond donors (Lipinski definition) is 1. The van der Waals surface area contributed by atoms with Crippen molar-refractivity contribution in [2.45, 2.75) is 57.0 Å². The van der Waals surface area contributed by atoms with Gasteiger partial charge in [0.2, 0.25) is 0 Å². The van der Waals surface area contributed by atoms with Crippen molar-refractivity contribution in [1.29, 1.82) is 0 Å². The van der Waals surface area contributed by atoms with Crippen molar-refractivity contribution in [2.75, 3.05) is 5.75 Å². The van der Waals surface area contributed by atoms with E-state index in [9.17, 15) is 0 Å². The Bertz CT molecular complexity index is 400. The highest BCUT2D eigenvalue weighted by Crippen LogP contribution is 2.34. The molecule has 2 rings (SSSR count). The van der Waals surface area contributed by atoms with Gasteiger partial charge in [-0.25, -0.2) is 0 Å². The van der Waals surface area contributed by atoms with Crippen molar-refractivity contribution in [2.24, 2.45) is 5.92 Å². The zero-order chi connectivity index (χ0) is 13.7. The van der Waals surface area contributed by atoms with E-state index >= 15 is 0 Å². The molecule has 0 radical (unpaired) electrons. The molecule has 3 heteroatoms. The predicted octanol–water partition coefficient (Wildman–Crippen LogP) is 5.12. The van der Waals surface area contributed by atoms with Crippen LogP contribution in [0.5, 0.6) is 0 Å². The van der Waals surface area contributed by atoms with Crippen molar-refractivity contribution in [3.05, 3.63) is 28.8 Å². The summed E-state index contributed by atoms with van der Waals surface area (Å²) in [6.45, 7) is 5.21. The Morgan fingerprint density at radius 2 is 2.05 bits per heavy atom. The summed E-state index contributed by atoms with van der Waals surface area (Å²) >= 11 is 8.31. The van der Waals surface area contributed by atoms with E-state index in [-0.39, 0.29) is 0 Å². The van der Waals surface area contributed by atoms with Crippen molar-refractivity contribution >= 4 is 23.4 Å². The van der Waals surface area contributed by atoms with E-state index < -0.39 is 0 Å². The monoisotopic (exact) mass is 297 g/mol. The maximum Gasteiger partial charge on any atom is 0.0545 e. The smallest absolute Gasteiger partial charge is 0.0545 e. The second-order valence-corrected chi connectivity index (χ2v) is 7.23. The molecule has 0 aromatic heterocycles. The van der Waals surface area contributed by atoms with Gasteiger partial charge in [-0.05, 0) is 36.5 Å². The molecule has 1 aromatic carbocycles. The van der Waals surface area contributed by atoms with Gasteiger partial charge in [-0.3, -0.25) is 0 Å². The van der Waals surface area contributed by atoms with E-state index in [2.05, 4.69) is 37.4 Å². The van der Waals surface area contributed by atoms with Crippen LogP contribution in [0.4, 0.5) is 0 Å². The lowest BCUT2D eigenvalue weighted by Gasteiger charge is -2.12. The summed E-state index contributed by atoms with van der Waals surface area (Å²) in [6.07, 6.45) is 5.64. The largest absolute Gasteiger partial charge is 0.310 e. The first-order valence-corrected chi connectivity index (χ1v) is 8.66. The Balaban J connectivity index is 1.87. The van der Waals surface area contributed by atoms with Gasteiger partial charge in [0.1, 0.15) is 0 Å². The number of hydrogen-bond acceptors (Lipinski definition) is 2. The quantitative estimate of drug-likeness (QED) is 0.731. The third-order valence-electron chi connectivity index (χ3n) is 3.66. The minimum Gasteiger partial charge on any atom is -0.310 e. The van der Waals surface area contributed by atoms with Crippen LogP contribution in [0.3, 0.4) is 0 Å². The molecule has 1 aliphatic carbocycles. The van der Waals surface area contributed by atoms with Crippen molar-refractivity contribution < 1.29 is 0 Å². The first kappa shape index (κ1) is 15.2. The SMILES string of the molecule is CC(C)NCc1ccc(SCC2CCCC2)c(Cl)c1. The number of halogens is 1. The first-order valence-electron chi connectivity index (χ1n) is 7.30. The molecular formula is C16H24ClNS. The molecule has 0 atom stereocenters. The Kier molecular flexibility index (Phi) is 6.06. The lowest BCUT2D eigenvalue weighted by molar-refractivity contribution is 0.588. The Labute approximate surface area is 126 Å². The molecule has 0 unspecified atom stereocenters. The average Bonchev–Trinajstić information content (AvgIpc) is 2.88. The molecule has 1 N–H and O–H groups in total. The van der Waals surface area contributed by atoms with Crippen LogP contribution in [0.2, 0.25) is 5.02 Å². The van der Waals surface area contributed by atoms with Crippen LogP contribution in [-0.4, -0.2) is 11.8 Å². The highest BCUT2D eigenvalue weighted by Gasteiger charge is 2.15. The molecule has 1 fully saturated rings. The van der Waals surface area contributed by atoms with Gasteiger partial charge in [0.05, 0.1) is 5.02 Å². The van der Waals surface area contributed by atoms with E-state index in [4.69, 9.17) is 11.6 Å². The van der Waals surface area contributed by atoms with Gasteiger partial charge in [0, 0.05) is 23.2 Å². The van der Waals surface area contributed by atoms with Crippen LogP contribution in [-0.2, 0) is 6.54 Å². The van der Waals surface area contributed by atoms with Gasteiger partial charge in [-0.2, -0.15) is 0 Å². The van der Waals surface area contributed by atoms with Crippen LogP contribution in [0.1, 0.15) is 45.1 Å². The average molecular weight is 298 g/mol. The van der Waals surface area contributed by atoms with Crippen molar-refractivity contribution in [3.63, 3.8) is 0 Å². The molecule has 106 valence electrons. The van der Waals surface area contributed by atoms with Crippen LogP contribution in [0.15, 0.2) is 23.1 Å². The highest BCUT2D eigenvalue weighted by atomic mass is 35.5. The van der Waals surface area contributed by atoms with E-state index in [1.807, 2.05) is 11.8 Å². The molecular weight excluding hydrogens is 274 g/mol. The minimum absolute atomic E-state index is 0.509. The number of thioether (sulfide) groups is 1. The van der Waals surface area contributed by atoms with E-state index in [1.165, 1.54) is 41.9 Å². The molecule has 0 saturated heterocycles. The van der Waals surface area contributed by atoms with Crippen molar-refractivity contribution in [3.8, 4) is 0 Å². The molecule has 1 aromatic rings. The Hall–Kier alpha value is -0.180. The fourth-order valence-corrected chi connectivity index (χ4v) is 3.95. The van der Waals surface area contributed by atoms with Gasteiger partial charge in [0.25, 0.3) is 0 Å². The Morgan fingerprint density at radius 3 is 2.68 bits per heavy atom. The number of nitrogens with one attached hydrogen (secondary N) is 1. The second kappa shape index (κ2) is 7.56. The van der Waals surface area contributed by atoms with Gasteiger partial charge in [-0.15, -0.1) is 11.8 Å². The number of rotatable bonds is 6. The third-order valence-corrected chi connectivity index (χ3v) is 5.39. The van der Waals surface area contributed by atoms with Crippen LogP contribution in [0.25, 0.3) is 0 Å². The lowest BCUT2D eigenvalue weighted by Crippen LogP contribution is -2.21. The van der Waals surface area contributed by atoms with Crippen molar-refractivity contribution in [1.82, 2.24) is 5.32 Å². The molecule has 1 saturated carbocycles. The molecule has 19 heavy (non-hydrogen) atoms.